The molecule has 1 atom stereocenters. The molecular weight excluding hydrogens is 420 g/mol. The molecule has 0 aliphatic carbocycles. The zero-order valence-electron chi connectivity index (χ0n) is 20.0. The highest BCUT2D eigenvalue weighted by molar-refractivity contribution is 5.73. The molecule has 2 fully saturated rings. The fourth-order valence-corrected chi connectivity index (χ4v) is 3.31. The summed E-state index contributed by atoms with van der Waals surface area (Å²) < 4.78 is 10.4. The third-order valence-corrected chi connectivity index (χ3v) is 4.92. The molecule has 10 heteroatoms. The van der Waals surface area contributed by atoms with Gasteiger partial charge in [0.05, 0.1) is 11.8 Å². The third-order valence-electron chi connectivity index (χ3n) is 4.92. The van der Waals surface area contributed by atoms with Gasteiger partial charge in [-0.3, -0.25) is 9.59 Å². The van der Waals surface area contributed by atoms with Crippen molar-refractivity contribution in [3.63, 3.8) is 0 Å². The Morgan fingerprint density at radius 2 is 1.12 bits per heavy atom. The minimum atomic E-state index is -0.840. The Balaban J connectivity index is 0.000000320. The number of aliphatic carboxylic acids is 2. The number of carboxylic acids is 2. The summed E-state index contributed by atoms with van der Waals surface area (Å²) in [6.07, 6.45) is 1.60. The second kappa shape index (κ2) is 11.4. The van der Waals surface area contributed by atoms with Crippen LogP contribution in [0.3, 0.4) is 0 Å². The maximum absolute atomic E-state index is 11.7. The molecule has 2 rings (SSSR count). The highest BCUT2D eigenvalue weighted by atomic mass is 16.6. The first-order valence-corrected chi connectivity index (χ1v) is 11.0. The molecule has 32 heavy (non-hydrogen) atoms. The Morgan fingerprint density at radius 3 is 1.53 bits per heavy atom. The molecule has 2 aliphatic heterocycles. The van der Waals surface area contributed by atoms with E-state index in [1.54, 1.807) is 25.7 Å². The van der Waals surface area contributed by atoms with Gasteiger partial charge in [-0.15, -0.1) is 0 Å². The van der Waals surface area contributed by atoms with Crippen molar-refractivity contribution in [1.82, 2.24) is 9.80 Å². The Bertz CT molecular complexity index is 672. The summed E-state index contributed by atoms with van der Waals surface area (Å²) in [5.41, 5.74) is -1.03. The molecule has 0 radical (unpaired) electrons. The fourth-order valence-electron chi connectivity index (χ4n) is 3.31. The molecule has 184 valence electrons. The molecule has 0 bridgehead atoms. The summed E-state index contributed by atoms with van der Waals surface area (Å²) in [6, 6.07) is 0. The number of nitrogens with zero attached hydrogens (tertiary/aromatic N) is 2. The van der Waals surface area contributed by atoms with Gasteiger partial charge in [0.1, 0.15) is 11.2 Å². The quantitative estimate of drug-likeness (QED) is 0.643. The van der Waals surface area contributed by atoms with E-state index in [1.165, 1.54) is 4.90 Å². The normalized spacial score (nSPS) is 20.0. The van der Waals surface area contributed by atoms with Crippen LogP contribution in [0, 0.1) is 11.8 Å². The summed E-state index contributed by atoms with van der Waals surface area (Å²) in [5.74, 6) is -2.39. The van der Waals surface area contributed by atoms with Crippen molar-refractivity contribution in [2.45, 2.75) is 78.4 Å². The van der Waals surface area contributed by atoms with Gasteiger partial charge < -0.3 is 29.5 Å². The number of rotatable bonds is 2. The molecule has 10 nitrogen and oxygen atoms in total. The van der Waals surface area contributed by atoms with E-state index in [9.17, 15) is 19.2 Å². The van der Waals surface area contributed by atoms with Gasteiger partial charge in [-0.25, -0.2) is 9.59 Å². The van der Waals surface area contributed by atoms with Crippen molar-refractivity contribution in [3.8, 4) is 0 Å². The van der Waals surface area contributed by atoms with Gasteiger partial charge >= 0.3 is 24.1 Å². The lowest BCUT2D eigenvalue weighted by molar-refractivity contribution is -0.144. The number of likely N-dealkylation sites (tertiary alicyclic amines) is 2. The number of piperidine rings is 2. The van der Waals surface area contributed by atoms with Gasteiger partial charge in [0, 0.05) is 26.2 Å². The number of amides is 2. The van der Waals surface area contributed by atoms with Crippen LogP contribution in [0.1, 0.15) is 67.2 Å². The molecule has 0 saturated carbocycles. The molecule has 2 saturated heterocycles. The average molecular weight is 459 g/mol. The molecule has 0 aromatic carbocycles. The topological polar surface area (TPSA) is 134 Å². The van der Waals surface area contributed by atoms with Crippen molar-refractivity contribution < 1.29 is 38.9 Å². The smallest absolute Gasteiger partial charge is 0.410 e. The molecule has 2 N–H and O–H groups in total. The number of carbonyl (C=O) groups excluding carboxylic acids is 2. The average Bonchev–Trinajstić information content (AvgIpc) is 2.66. The first-order chi connectivity index (χ1) is 14.6. The number of carboxylic acid groups (broad SMARTS) is 2. The maximum atomic E-state index is 11.7. The summed E-state index contributed by atoms with van der Waals surface area (Å²) in [4.78, 5) is 47.9. The zero-order valence-corrected chi connectivity index (χ0v) is 20.0. The van der Waals surface area contributed by atoms with E-state index in [2.05, 4.69) is 0 Å². The number of hydrogen-bond donors (Lipinski definition) is 2. The molecule has 0 spiro atoms. The van der Waals surface area contributed by atoms with Crippen LogP contribution in [0.4, 0.5) is 9.59 Å². The highest BCUT2D eigenvalue weighted by Crippen LogP contribution is 2.20. The van der Waals surface area contributed by atoms with Gasteiger partial charge in [0.2, 0.25) is 0 Å². The van der Waals surface area contributed by atoms with Gasteiger partial charge in [-0.1, -0.05) is 0 Å². The number of carbonyl (C=O) groups is 4. The van der Waals surface area contributed by atoms with Crippen LogP contribution in [0.2, 0.25) is 0 Å². The third kappa shape index (κ3) is 10.2. The van der Waals surface area contributed by atoms with Crippen LogP contribution in [-0.2, 0) is 19.1 Å². The SMILES string of the molecule is CC(C)(C)OC(=O)N1CCC(C(=O)O)CC1.CC(C)(C)OC(=O)N1CCCC(C(=O)O)C1. The predicted octanol–water partition coefficient (Wildman–Crippen LogP) is 3.44. The summed E-state index contributed by atoms with van der Waals surface area (Å²) in [5, 5.41) is 17.7. The molecule has 0 aromatic rings. The fraction of sp³-hybridized carbons (Fsp3) is 0.818. The van der Waals surface area contributed by atoms with E-state index in [0.29, 0.717) is 38.9 Å². The largest absolute Gasteiger partial charge is 0.481 e. The second-order valence-electron chi connectivity index (χ2n) is 10.2. The second-order valence-corrected chi connectivity index (χ2v) is 10.2. The van der Waals surface area contributed by atoms with E-state index >= 15 is 0 Å². The van der Waals surface area contributed by atoms with Crippen molar-refractivity contribution in [2.24, 2.45) is 11.8 Å². The van der Waals surface area contributed by atoms with Crippen molar-refractivity contribution in [1.29, 1.82) is 0 Å². The highest BCUT2D eigenvalue weighted by Gasteiger charge is 2.31. The standard InChI is InChI=1S/2C11H19NO4/c1-11(2,3)16-10(15)12-6-4-8(5-7-12)9(13)14;1-11(2,3)16-10(15)12-6-4-5-8(7-12)9(13)14/h2*8H,4-7H2,1-3H3,(H,13,14). The Morgan fingerprint density at radius 1 is 0.688 bits per heavy atom. The molecular formula is C22H38N2O8. The first kappa shape index (κ1) is 27.5. The van der Waals surface area contributed by atoms with Gasteiger partial charge in [0.15, 0.2) is 0 Å². The molecule has 1 unspecified atom stereocenters. The lowest BCUT2D eigenvalue weighted by Gasteiger charge is -2.32. The van der Waals surface area contributed by atoms with Gasteiger partial charge in [-0.05, 0) is 67.2 Å². The maximum Gasteiger partial charge on any atom is 0.410 e. The molecule has 2 amide bonds. The van der Waals surface area contributed by atoms with E-state index < -0.39 is 35.2 Å². The van der Waals surface area contributed by atoms with Crippen molar-refractivity contribution in [3.05, 3.63) is 0 Å². The lowest BCUT2D eigenvalue weighted by atomic mass is 9.97. The van der Waals surface area contributed by atoms with Crippen LogP contribution in [-0.4, -0.2) is 81.5 Å². The van der Waals surface area contributed by atoms with Crippen molar-refractivity contribution in [2.75, 3.05) is 26.2 Å². The Kier molecular flexibility index (Phi) is 9.78. The van der Waals surface area contributed by atoms with Crippen LogP contribution < -0.4 is 0 Å². The first-order valence-electron chi connectivity index (χ1n) is 11.0. The summed E-state index contributed by atoms with van der Waals surface area (Å²) in [7, 11) is 0. The Hall–Kier alpha value is -2.52. The van der Waals surface area contributed by atoms with Crippen molar-refractivity contribution >= 4 is 24.1 Å². The van der Waals surface area contributed by atoms with Gasteiger partial charge in [0.25, 0.3) is 0 Å². The van der Waals surface area contributed by atoms with E-state index in [1.807, 2.05) is 20.8 Å². The number of hydrogen-bond acceptors (Lipinski definition) is 6. The molecule has 2 heterocycles. The van der Waals surface area contributed by atoms with E-state index in [4.69, 9.17) is 19.7 Å². The van der Waals surface area contributed by atoms with Crippen LogP contribution in [0.25, 0.3) is 0 Å². The summed E-state index contributed by atoms with van der Waals surface area (Å²) in [6.45, 7) is 12.6. The minimum Gasteiger partial charge on any atom is -0.481 e. The zero-order chi connectivity index (χ0) is 24.7. The van der Waals surface area contributed by atoms with Crippen LogP contribution >= 0.6 is 0 Å². The predicted molar refractivity (Wildman–Crippen MR) is 116 cm³/mol. The Labute approximate surface area is 189 Å². The molecule has 2 aliphatic rings. The number of ether oxygens (including phenoxy) is 2. The molecule has 0 aromatic heterocycles. The minimum absolute atomic E-state index is 0.254. The van der Waals surface area contributed by atoms with Gasteiger partial charge in [-0.2, -0.15) is 0 Å². The van der Waals surface area contributed by atoms with E-state index in [-0.39, 0.29) is 18.6 Å². The summed E-state index contributed by atoms with van der Waals surface area (Å²) >= 11 is 0. The van der Waals surface area contributed by atoms with Crippen LogP contribution in [0.5, 0.6) is 0 Å². The monoisotopic (exact) mass is 458 g/mol. The van der Waals surface area contributed by atoms with E-state index in [0.717, 1.165) is 6.42 Å². The van der Waals surface area contributed by atoms with Crippen LogP contribution in [0.15, 0.2) is 0 Å². The lowest BCUT2D eigenvalue weighted by Crippen LogP contribution is -2.44.